The van der Waals surface area contributed by atoms with Gasteiger partial charge in [0.2, 0.25) is 10.0 Å². The van der Waals surface area contributed by atoms with Gasteiger partial charge < -0.3 is 10.4 Å². The van der Waals surface area contributed by atoms with Gasteiger partial charge in [-0.2, -0.15) is 0 Å². The maximum atomic E-state index is 12.5. The number of rotatable bonds is 10. The van der Waals surface area contributed by atoms with E-state index in [1.807, 2.05) is 6.92 Å². The van der Waals surface area contributed by atoms with Crippen LogP contribution >= 0.6 is 0 Å². The molecule has 1 atom stereocenters. The highest BCUT2D eigenvalue weighted by atomic mass is 32.2. The molecule has 0 aliphatic heterocycles. The summed E-state index contributed by atoms with van der Waals surface area (Å²) < 4.78 is 27.7. The van der Waals surface area contributed by atoms with Gasteiger partial charge in [-0.25, -0.2) is 17.9 Å². The van der Waals surface area contributed by atoms with Crippen LogP contribution in [0.15, 0.2) is 34.7 Å². The van der Waals surface area contributed by atoms with Crippen molar-refractivity contribution in [1.29, 1.82) is 0 Å². The molecule has 0 aromatic heterocycles. The fourth-order valence-corrected chi connectivity index (χ4v) is 4.38. The summed E-state index contributed by atoms with van der Waals surface area (Å²) in [6.07, 6.45) is 9.21. The topological polar surface area (TPSA) is 95.5 Å². The summed E-state index contributed by atoms with van der Waals surface area (Å²) in [5, 5.41) is 12.6. The lowest BCUT2D eigenvalue weighted by atomic mass is 9.97. The normalized spacial score (nSPS) is 15.9. The van der Waals surface area contributed by atoms with Crippen molar-refractivity contribution < 1.29 is 18.3 Å². The smallest absolute Gasteiger partial charge is 0.337 e. The zero-order chi connectivity index (χ0) is 19.9. The molecule has 6 nitrogen and oxygen atoms in total. The molecule has 1 aliphatic carbocycles. The van der Waals surface area contributed by atoms with Crippen molar-refractivity contribution in [2.45, 2.75) is 69.7 Å². The summed E-state index contributed by atoms with van der Waals surface area (Å²) in [6, 6.07) is 4.33. The molecule has 0 fully saturated rings. The van der Waals surface area contributed by atoms with Crippen LogP contribution in [-0.4, -0.2) is 32.1 Å². The van der Waals surface area contributed by atoms with Gasteiger partial charge in [-0.15, -0.1) is 0 Å². The molecular formula is C20H30N2O4S. The lowest BCUT2D eigenvalue weighted by molar-refractivity contribution is 0.0697. The van der Waals surface area contributed by atoms with E-state index in [0.717, 1.165) is 32.1 Å². The van der Waals surface area contributed by atoms with E-state index in [4.69, 9.17) is 0 Å². The fourth-order valence-electron chi connectivity index (χ4n) is 3.32. The van der Waals surface area contributed by atoms with E-state index >= 15 is 0 Å². The largest absolute Gasteiger partial charge is 0.478 e. The quantitative estimate of drug-likeness (QED) is 0.518. The summed E-state index contributed by atoms with van der Waals surface area (Å²) in [4.78, 5) is 11.6. The average Bonchev–Trinajstić information content (AvgIpc) is 2.62. The maximum Gasteiger partial charge on any atom is 0.337 e. The zero-order valence-electron chi connectivity index (χ0n) is 16.1. The molecule has 0 spiro atoms. The molecule has 1 aliphatic rings. The van der Waals surface area contributed by atoms with Crippen molar-refractivity contribution in [3.8, 4) is 0 Å². The second-order valence-electron chi connectivity index (χ2n) is 7.10. The average molecular weight is 395 g/mol. The van der Waals surface area contributed by atoms with Crippen molar-refractivity contribution in [1.82, 2.24) is 4.72 Å². The first kappa shape index (κ1) is 21.4. The summed E-state index contributed by atoms with van der Waals surface area (Å²) >= 11 is 0. The minimum atomic E-state index is -3.74. The third-order valence-electron chi connectivity index (χ3n) is 4.78. The Kier molecular flexibility index (Phi) is 7.86. The molecule has 27 heavy (non-hydrogen) atoms. The van der Waals surface area contributed by atoms with Crippen molar-refractivity contribution >= 4 is 21.7 Å². The Morgan fingerprint density at radius 1 is 1.30 bits per heavy atom. The number of carbonyl (C=O) groups is 1. The first-order chi connectivity index (χ1) is 12.8. The van der Waals surface area contributed by atoms with Crippen molar-refractivity contribution in [2.75, 3.05) is 11.9 Å². The van der Waals surface area contributed by atoms with Gasteiger partial charge in [-0.1, -0.05) is 25.0 Å². The Labute approximate surface area is 162 Å². The highest BCUT2D eigenvalue weighted by Crippen LogP contribution is 2.23. The molecule has 1 unspecified atom stereocenters. The molecule has 2 rings (SSSR count). The van der Waals surface area contributed by atoms with E-state index in [1.54, 1.807) is 0 Å². The van der Waals surface area contributed by atoms with Crippen molar-refractivity contribution in [2.24, 2.45) is 0 Å². The highest BCUT2D eigenvalue weighted by molar-refractivity contribution is 7.89. The maximum absolute atomic E-state index is 12.5. The molecule has 0 amide bonds. The van der Waals surface area contributed by atoms with Crippen LogP contribution in [0.5, 0.6) is 0 Å². The molecule has 3 N–H and O–H groups in total. The zero-order valence-corrected chi connectivity index (χ0v) is 16.9. The number of aromatic carboxylic acids is 1. The number of benzene rings is 1. The van der Waals surface area contributed by atoms with Crippen molar-refractivity contribution in [3.05, 3.63) is 35.4 Å². The molecule has 1 aromatic rings. The van der Waals surface area contributed by atoms with Gasteiger partial charge >= 0.3 is 5.97 Å². The number of hydrogen-bond donors (Lipinski definition) is 3. The molecule has 0 saturated carbocycles. The van der Waals surface area contributed by atoms with Crippen molar-refractivity contribution in [3.63, 3.8) is 0 Å². The third kappa shape index (κ3) is 6.36. The van der Waals surface area contributed by atoms with Gasteiger partial charge in [0.15, 0.2) is 0 Å². The number of carboxylic acid groups (broad SMARTS) is 1. The number of carboxylic acids is 1. The molecule has 150 valence electrons. The number of nitrogens with one attached hydrogen (secondary N) is 2. The van der Waals surface area contributed by atoms with Gasteiger partial charge in [0.1, 0.15) is 0 Å². The first-order valence-electron chi connectivity index (χ1n) is 9.65. The van der Waals surface area contributed by atoms with Crippen LogP contribution in [0, 0.1) is 0 Å². The van der Waals surface area contributed by atoms with Crippen LogP contribution in [0.25, 0.3) is 0 Å². The van der Waals surface area contributed by atoms with E-state index < -0.39 is 16.0 Å². The van der Waals surface area contributed by atoms with E-state index in [1.165, 1.54) is 30.2 Å². The Hall–Kier alpha value is -1.86. The monoisotopic (exact) mass is 394 g/mol. The predicted octanol–water partition coefficient (Wildman–Crippen LogP) is 4.15. The standard InChI is InChI=1S/C20H30N2O4S/c1-3-7-15(2)22-19-11-10-17(14-18(19)20(23)24)27(25,26)21-13-12-16-8-5-4-6-9-16/h8,10-11,14-15,21-22H,3-7,9,12-13H2,1-2H3,(H,23,24). The van der Waals surface area contributed by atoms with Gasteiger partial charge in [0.25, 0.3) is 0 Å². The Balaban J connectivity index is 2.10. The molecule has 0 saturated heterocycles. The van der Waals surface area contributed by atoms with Crippen LogP contribution in [0.3, 0.4) is 0 Å². The summed E-state index contributed by atoms with van der Waals surface area (Å²) in [7, 11) is -3.74. The highest BCUT2D eigenvalue weighted by Gasteiger charge is 2.19. The number of anilines is 1. The summed E-state index contributed by atoms with van der Waals surface area (Å²) in [5.41, 5.74) is 1.70. The molecule has 1 aromatic carbocycles. The second-order valence-corrected chi connectivity index (χ2v) is 8.87. The molecule has 0 bridgehead atoms. The number of allylic oxidation sites excluding steroid dienone is 1. The van der Waals surface area contributed by atoms with E-state index in [-0.39, 0.29) is 16.5 Å². The van der Waals surface area contributed by atoms with E-state index in [2.05, 4.69) is 23.0 Å². The van der Waals surface area contributed by atoms with Gasteiger partial charge in [0, 0.05) is 18.3 Å². The van der Waals surface area contributed by atoms with Gasteiger partial charge in [0.05, 0.1) is 10.5 Å². The third-order valence-corrected chi connectivity index (χ3v) is 6.24. The van der Waals surface area contributed by atoms with Crippen LogP contribution in [0.1, 0.15) is 69.2 Å². The lowest BCUT2D eigenvalue weighted by Crippen LogP contribution is -2.26. The minimum Gasteiger partial charge on any atom is -0.478 e. The molecular weight excluding hydrogens is 364 g/mol. The molecule has 0 radical (unpaired) electrons. The second kappa shape index (κ2) is 9.90. The fraction of sp³-hybridized carbons (Fsp3) is 0.550. The first-order valence-corrected chi connectivity index (χ1v) is 11.1. The Morgan fingerprint density at radius 3 is 2.70 bits per heavy atom. The van der Waals surface area contributed by atoms with E-state index in [9.17, 15) is 18.3 Å². The van der Waals surface area contributed by atoms with Crippen LogP contribution in [0.2, 0.25) is 0 Å². The predicted molar refractivity (Wildman–Crippen MR) is 108 cm³/mol. The van der Waals surface area contributed by atoms with Crippen LogP contribution < -0.4 is 10.0 Å². The van der Waals surface area contributed by atoms with Gasteiger partial charge in [-0.05, 0) is 63.6 Å². The molecule has 7 heteroatoms. The lowest BCUT2D eigenvalue weighted by Gasteiger charge is -2.17. The Bertz CT molecular complexity index is 787. The number of sulfonamides is 1. The van der Waals surface area contributed by atoms with Crippen LogP contribution in [0.4, 0.5) is 5.69 Å². The van der Waals surface area contributed by atoms with Gasteiger partial charge in [-0.3, -0.25) is 0 Å². The van der Waals surface area contributed by atoms with E-state index in [0.29, 0.717) is 18.7 Å². The number of hydrogen-bond acceptors (Lipinski definition) is 4. The van der Waals surface area contributed by atoms with Crippen LogP contribution in [-0.2, 0) is 10.0 Å². The summed E-state index contributed by atoms with van der Waals surface area (Å²) in [5.74, 6) is -1.15. The molecule has 0 heterocycles. The SMILES string of the molecule is CCCC(C)Nc1ccc(S(=O)(=O)NCCC2=CCCCC2)cc1C(=O)O. The Morgan fingerprint density at radius 2 is 2.07 bits per heavy atom. The minimum absolute atomic E-state index is 0.0220. The summed E-state index contributed by atoms with van der Waals surface area (Å²) in [6.45, 7) is 4.35.